The second-order valence-electron chi connectivity index (χ2n) is 5.95. The lowest BCUT2D eigenvalue weighted by Crippen LogP contribution is -2.16. The lowest BCUT2D eigenvalue weighted by molar-refractivity contribution is -0.384. The molecule has 3 rings (SSSR count). The number of anilines is 2. The van der Waals surface area contributed by atoms with Crippen LogP contribution in [0.3, 0.4) is 0 Å². The molecule has 2 N–H and O–H groups in total. The van der Waals surface area contributed by atoms with Gasteiger partial charge in [0.25, 0.3) is 21.6 Å². The van der Waals surface area contributed by atoms with Crippen LogP contribution < -0.4 is 14.8 Å². The standard InChI is InChI=1S/C18H14ClN5O6S/c1-30-13-9-20-18(21-10-13)23-31(28,29)14-5-2-11(3-6-14)22-17(25)15-8-12(24(26)27)4-7-16(15)19/h2-10H,1H3,(H,22,25)(H,20,21,23). The zero-order valence-electron chi connectivity index (χ0n) is 15.8. The van der Waals surface area contributed by atoms with Crippen LogP contribution in [0.4, 0.5) is 17.3 Å². The maximum atomic E-state index is 12.5. The fourth-order valence-corrected chi connectivity index (χ4v) is 3.53. The van der Waals surface area contributed by atoms with Gasteiger partial charge in [0.2, 0.25) is 5.95 Å². The van der Waals surface area contributed by atoms with Gasteiger partial charge in [-0.15, -0.1) is 0 Å². The lowest BCUT2D eigenvalue weighted by atomic mass is 10.2. The normalized spacial score (nSPS) is 10.9. The molecule has 2 aromatic carbocycles. The fourth-order valence-electron chi connectivity index (χ4n) is 2.37. The van der Waals surface area contributed by atoms with Gasteiger partial charge in [-0.3, -0.25) is 14.9 Å². The van der Waals surface area contributed by atoms with E-state index >= 15 is 0 Å². The number of nitro benzene ring substituents is 1. The zero-order chi connectivity index (χ0) is 22.6. The van der Waals surface area contributed by atoms with Crippen molar-refractivity contribution < 1.29 is 22.9 Å². The Morgan fingerprint density at radius 3 is 2.35 bits per heavy atom. The van der Waals surface area contributed by atoms with Crippen LogP contribution in [-0.4, -0.2) is 36.3 Å². The number of amides is 1. The number of carbonyl (C=O) groups is 1. The molecule has 31 heavy (non-hydrogen) atoms. The Morgan fingerprint density at radius 2 is 1.77 bits per heavy atom. The van der Waals surface area contributed by atoms with Gasteiger partial charge in [-0.05, 0) is 30.3 Å². The van der Waals surface area contributed by atoms with Crippen LogP contribution in [0.5, 0.6) is 5.75 Å². The number of hydrogen-bond donors (Lipinski definition) is 2. The summed E-state index contributed by atoms with van der Waals surface area (Å²) in [6.07, 6.45) is 2.62. The van der Waals surface area contributed by atoms with E-state index in [-0.39, 0.29) is 32.8 Å². The van der Waals surface area contributed by atoms with Gasteiger partial charge in [-0.1, -0.05) is 11.6 Å². The summed E-state index contributed by atoms with van der Waals surface area (Å²) in [6, 6.07) is 8.71. The van der Waals surface area contributed by atoms with E-state index < -0.39 is 20.9 Å². The number of rotatable bonds is 7. The van der Waals surface area contributed by atoms with Gasteiger partial charge < -0.3 is 10.1 Å². The SMILES string of the molecule is COc1cnc(NS(=O)(=O)c2ccc(NC(=O)c3cc([N+](=O)[O-])ccc3Cl)cc2)nc1. The number of non-ortho nitro benzene ring substituents is 1. The van der Waals surface area contributed by atoms with Crippen LogP contribution in [0.1, 0.15) is 10.4 Å². The van der Waals surface area contributed by atoms with E-state index in [1.807, 2.05) is 0 Å². The highest BCUT2D eigenvalue weighted by Crippen LogP contribution is 2.24. The van der Waals surface area contributed by atoms with E-state index in [0.29, 0.717) is 5.75 Å². The third-order valence-electron chi connectivity index (χ3n) is 3.92. The molecule has 0 fully saturated rings. The van der Waals surface area contributed by atoms with E-state index in [0.717, 1.165) is 6.07 Å². The summed E-state index contributed by atoms with van der Waals surface area (Å²) in [5.74, 6) is -0.459. The molecule has 160 valence electrons. The van der Waals surface area contributed by atoms with Crippen LogP contribution in [-0.2, 0) is 10.0 Å². The molecule has 0 spiro atoms. The van der Waals surface area contributed by atoms with Crippen molar-refractivity contribution in [2.45, 2.75) is 4.90 Å². The third kappa shape index (κ3) is 5.24. The summed E-state index contributed by atoms with van der Waals surface area (Å²) in [6.45, 7) is 0. The number of carbonyl (C=O) groups excluding carboxylic acids is 1. The second-order valence-corrected chi connectivity index (χ2v) is 8.04. The van der Waals surface area contributed by atoms with Crippen LogP contribution in [0.2, 0.25) is 5.02 Å². The molecule has 3 aromatic rings. The largest absolute Gasteiger partial charge is 0.494 e. The molecule has 13 heteroatoms. The quantitative estimate of drug-likeness (QED) is 0.400. The maximum Gasteiger partial charge on any atom is 0.270 e. The first-order chi connectivity index (χ1) is 14.7. The van der Waals surface area contributed by atoms with E-state index in [9.17, 15) is 23.3 Å². The molecule has 1 heterocycles. The Hall–Kier alpha value is -3.77. The average Bonchev–Trinajstić information content (AvgIpc) is 2.74. The maximum absolute atomic E-state index is 12.5. The second kappa shape index (κ2) is 8.93. The van der Waals surface area contributed by atoms with Crippen LogP contribution >= 0.6 is 11.6 Å². The molecule has 0 saturated heterocycles. The molecule has 0 unspecified atom stereocenters. The van der Waals surface area contributed by atoms with Gasteiger partial charge in [-0.25, -0.2) is 23.1 Å². The molecule has 0 bridgehead atoms. The minimum Gasteiger partial charge on any atom is -0.494 e. The fraction of sp³-hybridized carbons (Fsp3) is 0.0556. The van der Waals surface area contributed by atoms with E-state index in [4.69, 9.17) is 16.3 Å². The number of halogens is 1. The van der Waals surface area contributed by atoms with E-state index in [1.54, 1.807) is 0 Å². The number of benzene rings is 2. The third-order valence-corrected chi connectivity index (χ3v) is 5.59. The van der Waals surface area contributed by atoms with Crippen molar-refractivity contribution in [1.82, 2.24) is 9.97 Å². The molecule has 0 aliphatic heterocycles. The summed E-state index contributed by atoms with van der Waals surface area (Å²) < 4.78 is 32.1. The molecule has 0 saturated carbocycles. The van der Waals surface area contributed by atoms with Gasteiger partial charge >= 0.3 is 0 Å². The summed E-state index contributed by atoms with van der Waals surface area (Å²) in [5, 5.41) is 13.4. The predicted molar refractivity (Wildman–Crippen MR) is 112 cm³/mol. The van der Waals surface area contributed by atoms with Gasteiger partial charge in [-0.2, -0.15) is 0 Å². The number of nitro groups is 1. The first-order valence-corrected chi connectivity index (χ1v) is 10.3. The molecule has 0 aliphatic carbocycles. The molecule has 0 radical (unpaired) electrons. The predicted octanol–water partition coefficient (Wildman–Crippen LogP) is 3.10. The zero-order valence-corrected chi connectivity index (χ0v) is 17.3. The Kier molecular flexibility index (Phi) is 6.32. The van der Waals surface area contributed by atoms with Crippen LogP contribution in [0, 0.1) is 10.1 Å². The van der Waals surface area contributed by atoms with E-state index in [2.05, 4.69) is 20.0 Å². The van der Waals surface area contributed by atoms with Crippen molar-refractivity contribution in [3.8, 4) is 5.75 Å². The number of ether oxygens (including phenoxy) is 1. The minimum absolute atomic E-state index is 0.0333. The van der Waals surface area contributed by atoms with Crippen molar-refractivity contribution in [1.29, 1.82) is 0 Å². The molecule has 0 atom stereocenters. The number of nitrogens with zero attached hydrogens (tertiary/aromatic N) is 3. The number of nitrogens with one attached hydrogen (secondary N) is 2. The highest BCUT2D eigenvalue weighted by molar-refractivity contribution is 7.92. The van der Waals surface area contributed by atoms with Gasteiger partial charge in [0, 0.05) is 17.8 Å². The monoisotopic (exact) mass is 463 g/mol. The van der Waals surface area contributed by atoms with Gasteiger partial charge in [0.05, 0.1) is 39.9 Å². The van der Waals surface area contributed by atoms with Gasteiger partial charge in [0.1, 0.15) is 0 Å². The Balaban J connectivity index is 1.74. The topological polar surface area (TPSA) is 153 Å². The van der Waals surface area contributed by atoms with E-state index in [1.165, 1.54) is 55.9 Å². The highest BCUT2D eigenvalue weighted by atomic mass is 35.5. The minimum atomic E-state index is -3.98. The van der Waals surface area contributed by atoms with Crippen molar-refractivity contribution in [3.63, 3.8) is 0 Å². The molecular weight excluding hydrogens is 450 g/mol. The molecule has 1 aromatic heterocycles. The Labute approximate surface area is 181 Å². The lowest BCUT2D eigenvalue weighted by Gasteiger charge is -2.09. The summed E-state index contributed by atoms with van der Waals surface area (Å²) in [5.41, 5.74) is -0.124. The molecule has 1 amide bonds. The van der Waals surface area contributed by atoms with Crippen molar-refractivity contribution in [2.75, 3.05) is 17.1 Å². The van der Waals surface area contributed by atoms with Crippen molar-refractivity contribution in [3.05, 3.63) is 75.6 Å². The Bertz CT molecular complexity index is 1230. The summed E-state index contributed by atoms with van der Waals surface area (Å²) in [7, 11) is -2.55. The summed E-state index contributed by atoms with van der Waals surface area (Å²) >= 11 is 5.95. The smallest absolute Gasteiger partial charge is 0.270 e. The molecular formula is C18H14ClN5O6S. The number of sulfonamides is 1. The van der Waals surface area contributed by atoms with Gasteiger partial charge in [0.15, 0.2) is 5.75 Å². The first-order valence-electron chi connectivity index (χ1n) is 8.44. The average molecular weight is 464 g/mol. The Morgan fingerprint density at radius 1 is 1.13 bits per heavy atom. The van der Waals surface area contributed by atoms with Crippen LogP contribution in [0.25, 0.3) is 0 Å². The summed E-state index contributed by atoms with van der Waals surface area (Å²) in [4.78, 5) is 30.2. The number of hydrogen-bond acceptors (Lipinski definition) is 8. The number of aromatic nitrogens is 2. The number of methoxy groups -OCH3 is 1. The highest BCUT2D eigenvalue weighted by Gasteiger charge is 2.18. The first kappa shape index (κ1) is 21.9. The van der Waals surface area contributed by atoms with Crippen molar-refractivity contribution >= 4 is 44.9 Å². The van der Waals surface area contributed by atoms with Crippen molar-refractivity contribution in [2.24, 2.45) is 0 Å². The molecule has 0 aliphatic rings. The molecule has 11 nitrogen and oxygen atoms in total. The van der Waals surface area contributed by atoms with Crippen LogP contribution in [0.15, 0.2) is 59.8 Å².